The molecule has 1 N–H and O–H groups in total. The largest absolute Gasteiger partial charge is 0.330 e. The zero-order valence-corrected chi connectivity index (χ0v) is 17.2. The van der Waals surface area contributed by atoms with Gasteiger partial charge in [-0.05, 0) is 49.7 Å². The molecule has 0 aliphatic carbocycles. The lowest BCUT2D eigenvalue weighted by atomic mass is 9.97. The highest BCUT2D eigenvalue weighted by atomic mass is 35.5. The van der Waals surface area contributed by atoms with Gasteiger partial charge in [-0.3, -0.25) is 9.69 Å². The van der Waals surface area contributed by atoms with Crippen LogP contribution in [0.3, 0.4) is 0 Å². The molecular formula is C21H22Cl2N4O. The number of halogens is 2. The lowest BCUT2D eigenvalue weighted by Gasteiger charge is -2.31. The van der Waals surface area contributed by atoms with Crippen molar-refractivity contribution in [2.75, 3.05) is 18.4 Å². The Hall–Kier alpha value is -2.08. The first-order chi connectivity index (χ1) is 13.5. The van der Waals surface area contributed by atoms with Gasteiger partial charge in [-0.1, -0.05) is 35.3 Å². The summed E-state index contributed by atoms with van der Waals surface area (Å²) >= 11 is 12.2. The van der Waals surface area contributed by atoms with Crippen LogP contribution in [0.2, 0.25) is 10.0 Å². The summed E-state index contributed by atoms with van der Waals surface area (Å²) in [6, 6.07) is 13.2. The van der Waals surface area contributed by atoms with Gasteiger partial charge in [0.15, 0.2) is 0 Å². The fraction of sp³-hybridized carbons (Fsp3) is 0.333. The predicted molar refractivity (Wildman–Crippen MR) is 114 cm³/mol. The maximum Gasteiger partial charge on any atom is 0.228 e. The van der Waals surface area contributed by atoms with Crippen LogP contribution in [0, 0.1) is 5.92 Å². The standard InChI is InChI=1S/C21H22Cl2N4O/c1-26-19-7-3-2-6-17(19)24-20(26)13-27-10-4-5-14(12-27)21(28)25-18-11-15(22)8-9-16(18)23/h2-3,6-9,11,14H,4-5,10,12-13H2,1H3,(H,25,28)/t14-/m1/s1. The zero-order chi connectivity index (χ0) is 19.7. The van der Waals surface area contributed by atoms with Gasteiger partial charge in [-0.2, -0.15) is 0 Å². The van der Waals surface area contributed by atoms with E-state index in [0.29, 0.717) is 22.3 Å². The monoisotopic (exact) mass is 416 g/mol. The van der Waals surface area contributed by atoms with E-state index in [1.807, 2.05) is 25.2 Å². The second kappa shape index (κ2) is 8.11. The molecule has 1 atom stereocenters. The van der Waals surface area contributed by atoms with E-state index in [2.05, 4.69) is 20.9 Å². The number of anilines is 1. The highest BCUT2D eigenvalue weighted by Crippen LogP contribution is 2.27. The summed E-state index contributed by atoms with van der Waals surface area (Å²) < 4.78 is 2.13. The molecule has 0 unspecified atom stereocenters. The molecule has 1 fully saturated rings. The molecule has 0 bridgehead atoms. The van der Waals surface area contributed by atoms with Crippen LogP contribution in [-0.2, 0) is 18.4 Å². The summed E-state index contributed by atoms with van der Waals surface area (Å²) in [5.74, 6) is 0.914. The molecule has 0 radical (unpaired) electrons. The second-order valence-electron chi connectivity index (χ2n) is 7.26. The molecule has 5 nitrogen and oxygen atoms in total. The third kappa shape index (κ3) is 4.02. The van der Waals surface area contributed by atoms with Crippen LogP contribution in [0.5, 0.6) is 0 Å². The average Bonchev–Trinajstić information content (AvgIpc) is 3.01. The average molecular weight is 417 g/mol. The number of amides is 1. The minimum absolute atomic E-state index is 0.0149. The third-order valence-electron chi connectivity index (χ3n) is 5.31. The van der Waals surface area contributed by atoms with Gasteiger partial charge in [0.2, 0.25) is 5.91 Å². The van der Waals surface area contributed by atoms with E-state index in [9.17, 15) is 4.79 Å². The first-order valence-corrected chi connectivity index (χ1v) is 10.2. The number of imidazole rings is 1. The molecule has 2 aromatic carbocycles. The number of fused-ring (bicyclic) bond motifs is 1. The minimum Gasteiger partial charge on any atom is -0.330 e. The zero-order valence-electron chi connectivity index (χ0n) is 15.7. The summed E-state index contributed by atoms with van der Waals surface area (Å²) in [7, 11) is 2.04. The van der Waals surface area contributed by atoms with Crippen LogP contribution in [0.1, 0.15) is 18.7 Å². The molecule has 0 spiro atoms. The van der Waals surface area contributed by atoms with E-state index >= 15 is 0 Å². The van der Waals surface area contributed by atoms with Crippen molar-refractivity contribution in [2.45, 2.75) is 19.4 Å². The molecule has 146 valence electrons. The van der Waals surface area contributed by atoms with E-state index in [1.165, 1.54) is 0 Å². The summed E-state index contributed by atoms with van der Waals surface area (Å²) in [6.07, 6.45) is 1.84. The highest BCUT2D eigenvalue weighted by Gasteiger charge is 2.27. The Morgan fingerprint density at radius 1 is 1.25 bits per heavy atom. The van der Waals surface area contributed by atoms with E-state index in [-0.39, 0.29) is 11.8 Å². The lowest BCUT2D eigenvalue weighted by molar-refractivity contribution is -0.121. The maximum absolute atomic E-state index is 12.8. The van der Waals surface area contributed by atoms with Crippen LogP contribution in [-0.4, -0.2) is 33.4 Å². The van der Waals surface area contributed by atoms with E-state index in [0.717, 1.165) is 42.8 Å². The van der Waals surface area contributed by atoms with Crippen molar-refractivity contribution >= 4 is 45.8 Å². The Kier molecular flexibility index (Phi) is 5.58. The Morgan fingerprint density at radius 3 is 2.89 bits per heavy atom. The number of aryl methyl sites for hydroxylation is 1. The molecule has 1 amide bonds. The van der Waals surface area contributed by atoms with Gasteiger partial charge in [0.05, 0.1) is 34.2 Å². The van der Waals surface area contributed by atoms with Crippen LogP contribution in [0.15, 0.2) is 42.5 Å². The molecule has 1 saturated heterocycles. The van der Waals surface area contributed by atoms with Crippen molar-refractivity contribution < 1.29 is 4.79 Å². The number of hydrogen-bond acceptors (Lipinski definition) is 3. The Balaban J connectivity index is 1.44. The van der Waals surface area contributed by atoms with Crippen molar-refractivity contribution in [1.82, 2.24) is 14.5 Å². The van der Waals surface area contributed by atoms with Crippen LogP contribution in [0.25, 0.3) is 11.0 Å². The van der Waals surface area contributed by atoms with Gasteiger partial charge < -0.3 is 9.88 Å². The van der Waals surface area contributed by atoms with Crippen molar-refractivity contribution in [3.8, 4) is 0 Å². The number of benzene rings is 2. The number of piperidine rings is 1. The van der Waals surface area contributed by atoms with E-state index in [4.69, 9.17) is 28.2 Å². The molecular weight excluding hydrogens is 395 g/mol. The Morgan fingerprint density at radius 2 is 2.07 bits per heavy atom. The van der Waals surface area contributed by atoms with Crippen LogP contribution >= 0.6 is 23.2 Å². The minimum atomic E-state index is -0.0847. The fourth-order valence-electron chi connectivity index (χ4n) is 3.78. The number of carbonyl (C=O) groups is 1. The smallest absolute Gasteiger partial charge is 0.228 e. The summed E-state index contributed by atoms with van der Waals surface area (Å²) in [4.78, 5) is 19.8. The summed E-state index contributed by atoms with van der Waals surface area (Å²) in [6.45, 7) is 2.39. The number of para-hydroxylation sites is 2. The van der Waals surface area contributed by atoms with Crippen molar-refractivity contribution in [2.24, 2.45) is 13.0 Å². The molecule has 2 heterocycles. The molecule has 28 heavy (non-hydrogen) atoms. The number of aromatic nitrogens is 2. The first-order valence-electron chi connectivity index (χ1n) is 9.40. The van der Waals surface area contributed by atoms with Gasteiger partial charge in [0.25, 0.3) is 0 Å². The molecule has 0 saturated carbocycles. The number of likely N-dealkylation sites (tertiary alicyclic amines) is 1. The van der Waals surface area contributed by atoms with Crippen LogP contribution < -0.4 is 5.32 Å². The van der Waals surface area contributed by atoms with Gasteiger partial charge in [-0.25, -0.2) is 4.98 Å². The Labute approximate surface area is 174 Å². The lowest BCUT2D eigenvalue weighted by Crippen LogP contribution is -2.40. The summed E-state index contributed by atoms with van der Waals surface area (Å²) in [5.41, 5.74) is 2.69. The quantitative estimate of drug-likeness (QED) is 0.668. The molecule has 1 aliphatic heterocycles. The molecule has 7 heteroatoms. The number of nitrogens with one attached hydrogen (secondary N) is 1. The number of rotatable bonds is 4. The number of hydrogen-bond donors (Lipinski definition) is 1. The predicted octanol–water partition coefficient (Wildman–Crippen LogP) is 4.73. The third-order valence-corrected chi connectivity index (χ3v) is 5.87. The maximum atomic E-state index is 12.8. The second-order valence-corrected chi connectivity index (χ2v) is 8.11. The van der Waals surface area contributed by atoms with Crippen molar-refractivity contribution in [1.29, 1.82) is 0 Å². The fourth-order valence-corrected chi connectivity index (χ4v) is 4.11. The molecule has 3 aromatic rings. The molecule has 1 aromatic heterocycles. The topological polar surface area (TPSA) is 50.2 Å². The van der Waals surface area contributed by atoms with E-state index in [1.54, 1.807) is 18.2 Å². The van der Waals surface area contributed by atoms with Crippen LogP contribution in [0.4, 0.5) is 5.69 Å². The summed E-state index contributed by atoms with van der Waals surface area (Å²) in [5, 5.41) is 3.97. The number of carbonyl (C=O) groups excluding carboxylic acids is 1. The highest BCUT2D eigenvalue weighted by molar-refractivity contribution is 6.35. The van der Waals surface area contributed by atoms with Crippen molar-refractivity contribution in [3.63, 3.8) is 0 Å². The Bertz CT molecular complexity index is 1020. The molecule has 1 aliphatic rings. The SMILES string of the molecule is Cn1c(CN2CCC[C@@H](C(=O)Nc3cc(Cl)ccc3Cl)C2)nc2ccccc21. The van der Waals surface area contributed by atoms with Gasteiger partial charge in [0, 0.05) is 18.6 Å². The molecule has 4 rings (SSSR count). The first kappa shape index (κ1) is 19.2. The number of nitrogens with zero attached hydrogens (tertiary/aromatic N) is 3. The van der Waals surface area contributed by atoms with E-state index < -0.39 is 0 Å². The van der Waals surface area contributed by atoms with Gasteiger partial charge in [-0.15, -0.1) is 0 Å². The van der Waals surface area contributed by atoms with Crippen molar-refractivity contribution in [3.05, 3.63) is 58.3 Å². The normalized spacial score (nSPS) is 17.8. The van der Waals surface area contributed by atoms with Gasteiger partial charge >= 0.3 is 0 Å². The van der Waals surface area contributed by atoms with Gasteiger partial charge in [0.1, 0.15) is 5.82 Å².